The first-order chi connectivity index (χ1) is 8.85. The molecule has 108 valence electrons. The summed E-state index contributed by atoms with van der Waals surface area (Å²) in [6, 6.07) is 10.3. The standard InChI is InChI=1S/C15H25NO2S/c1-5-19(17,18)11-13(4)16-15(12(2)3)14-9-7-6-8-10-14/h6-10,12-13,15-16H,5,11H2,1-4H3. The minimum Gasteiger partial charge on any atom is -0.306 e. The second-order valence-electron chi connectivity index (χ2n) is 5.40. The molecule has 0 amide bonds. The molecule has 0 saturated carbocycles. The van der Waals surface area contributed by atoms with Crippen molar-refractivity contribution in [1.82, 2.24) is 5.32 Å². The van der Waals surface area contributed by atoms with E-state index in [1.165, 1.54) is 5.56 Å². The smallest absolute Gasteiger partial charge is 0.151 e. The maximum Gasteiger partial charge on any atom is 0.151 e. The van der Waals surface area contributed by atoms with E-state index >= 15 is 0 Å². The molecular weight excluding hydrogens is 258 g/mol. The molecule has 1 aromatic carbocycles. The summed E-state index contributed by atoms with van der Waals surface area (Å²) in [5.41, 5.74) is 1.21. The highest BCUT2D eigenvalue weighted by Gasteiger charge is 2.20. The van der Waals surface area contributed by atoms with Gasteiger partial charge in [0.05, 0.1) is 5.75 Å². The Labute approximate surface area is 117 Å². The lowest BCUT2D eigenvalue weighted by Gasteiger charge is -2.27. The van der Waals surface area contributed by atoms with Gasteiger partial charge in [-0.25, -0.2) is 8.42 Å². The van der Waals surface area contributed by atoms with E-state index in [0.717, 1.165) is 0 Å². The SMILES string of the molecule is CCS(=O)(=O)CC(C)NC(c1ccccc1)C(C)C. The molecule has 2 atom stereocenters. The van der Waals surface area contributed by atoms with E-state index in [1.807, 2.05) is 25.1 Å². The minimum absolute atomic E-state index is 0.0439. The van der Waals surface area contributed by atoms with Crippen LogP contribution in [0.2, 0.25) is 0 Å². The first kappa shape index (κ1) is 16.2. The lowest BCUT2D eigenvalue weighted by molar-refractivity contribution is 0.381. The van der Waals surface area contributed by atoms with Crippen LogP contribution in [0.4, 0.5) is 0 Å². The van der Waals surface area contributed by atoms with E-state index < -0.39 is 9.84 Å². The Morgan fingerprint density at radius 3 is 2.16 bits per heavy atom. The fourth-order valence-corrected chi connectivity index (χ4v) is 3.28. The van der Waals surface area contributed by atoms with Crippen LogP contribution in [0.3, 0.4) is 0 Å². The zero-order valence-electron chi connectivity index (χ0n) is 12.3. The first-order valence-corrected chi connectivity index (χ1v) is 8.69. The lowest BCUT2D eigenvalue weighted by Crippen LogP contribution is -2.38. The molecule has 0 radical (unpaired) electrons. The maximum atomic E-state index is 11.7. The zero-order valence-corrected chi connectivity index (χ0v) is 13.1. The Hall–Kier alpha value is -0.870. The predicted molar refractivity (Wildman–Crippen MR) is 80.9 cm³/mol. The van der Waals surface area contributed by atoms with Crippen molar-refractivity contribution in [1.29, 1.82) is 0 Å². The number of hydrogen-bond donors (Lipinski definition) is 1. The summed E-state index contributed by atoms with van der Waals surface area (Å²) >= 11 is 0. The Bertz CT molecular complexity index is 468. The second kappa shape index (κ2) is 7.06. The molecule has 1 aromatic rings. The zero-order chi connectivity index (χ0) is 14.5. The van der Waals surface area contributed by atoms with Gasteiger partial charge in [-0.1, -0.05) is 51.1 Å². The molecule has 0 heterocycles. The normalized spacial score (nSPS) is 15.4. The third-order valence-corrected chi connectivity index (χ3v) is 5.12. The summed E-state index contributed by atoms with van der Waals surface area (Å²) in [6.45, 7) is 7.92. The van der Waals surface area contributed by atoms with Crippen LogP contribution in [0, 0.1) is 5.92 Å². The molecular formula is C15H25NO2S. The van der Waals surface area contributed by atoms with Gasteiger partial charge < -0.3 is 5.32 Å². The van der Waals surface area contributed by atoms with Crippen LogP contribution in [-0.4, -0.2) is 26.0 Å². The van der Waals surface area contributed by atoms with Crippen molar-refractivity contribution in [3.8, 4) is 0 Å². The highest BCUT2D eigenvalue weighted by atomic mass is 32.2. The van der Waals surface area contributed by atoms with E-state index in [9.17, 15) is 8.42 Å². The van der Waals surface area contributed by atoms with Crippen LogP contribution >= 0.6 is 0 Å². The monoisotopic (exact) mass is 283 g/mol. The molecule has 0 aliphatic heterocycles. The topological polar surface area (TPSA) is 46.2 Å². The quantitative estimate of drug-likeness (QED) is 0.837. The Morgan fingerprint density at radius 1 is 1.11 bits per heavy atom. The van der Waals surface area contributed by atoms with Crippen molar-refractivity contribution in [3.05, 3.63) is 35.9 Å². The Morgan fingerprint density at radius 2 is 1.68 bits per heavy atom. The average molecular weight is 283 g/mol. The fraction of sp³-hybridized carbons (Fsp3) is 0.600. The number of hydrogen-bond acceptors (Lipinski definition) is 3. The molecule has 3 nitrogen and oxygen atoms in total. The van der Waals surface area contributed by atoms with E-state index in [1.54, 1.807) is 6.92 Å². The molecule has 0 bridgehead atoms. The summed E-state index contributed by atoms with van der Waals surface area (Å²) < 4.78 is 23.3. The van der Waals surface area contributed by atoms with Crippen molar-refractivity contribution in [2.24, 2.45) is 5.92 Å². The van der Waals surface area contributed by atoms with E-state index in [4.69, 9.17) is 0 Å². The van der Waals surface area contributed by atoms with Crippen molar-refractivity contribution in [2.75, 3.05) is 11.5 Å². The number of benzene rings is 1. The molecule has 19 heavy (non-hydrogen) atoms. The van der Waals surface area contributed by atoms with Gasteiger partial charge >= 0.3 is 0 Å². The van der Waals surface area contributed by atoms with Gasteiger partial charge in [0, 0.05) is 17.8 Å². The van der Waals surface area contributed by atoms with Gasteiger partial charge in [0.1, 0.15) is 0 Å². The van der Waals surface area contributed by atoms with Gasteiger partial charge in [-0.05, 0) is 18.4 Å². The van der Waals surface area contributed by atoms with Crippen LogP contribution in [0.5, 0.6) is 0 Å². The van der Waals surface area contributed by atoms with Gasteiger partial charge in [0.15, 0.2) is 9.84 Å². The van der Waals surface area contributed by atoms with Crippen LogP contribution in [0.15, 0.2) is 30.3 Å². The summed E-state index contributed by atoms with van der Waals surface area (Å²) in [7, 11) is -2.93. The Kier molecular flexibility index (Phi) is 6.01. The van der Waals surface area contributed by atoms with Gasteiger partial charge in [-0.3, -0.25) is 0 Å². The van der Waals surface area contributed by atoms with Gasteiger partial charge in [-0.2, -0.15) is 0 Å². The third-order valence-electron chi connectivity index (χ3n) is 3.23. The second-order valence-corrected chi connectivity index (χ2v) is 7.80. The predicted octanol–water partition coefficient (Wildman–Crippen LogP) is 2.80. The van der Waals surface area contributed by atoms with Crippen molar-refractivity contribution in [2.45, 2.75) is 39.8 Å². The third kappa shape index (κ3) is 5.33. The van der Waals surface area contributed by atoms with E-state index in [0.29, 0.717) is 5.92 Å². The maximum absolute atomic E-state index is 11.7. The highest BCUT2D eigenvalue weighted by Crippen LogP contribution is 2.22. The molecule has 0 aliphatic rings. The van der Waals surface area contributed by atoms with Crippen molar-refractivity contribution < 1.29 is 8.42 Å². The van der Waals surface area contributed by atoms with Crippen LogP contribution in [0.1, 0.15) is 39.3 Å². The van der Waals surface area contributed by atoms with Crippen LogP contribution in [-0.2, 0) is 9.84 Å². The van der Waals surface area contributed by atoms with Crippen LogP contribution in [0.25, 0.3) is 0 Å². The molecule has 0 fully saturated rings. The number of nitrogens with one attached hydrogen (secondary N) is 1. The van der Waals surface area contributed by atoms with Gasteiger partial charge in [-0.15, -0.1) is 0 Å². The Balaban J connectivity index is 2.75. The van der Waals surface area contributed by atoms with Gasteiger partial charge in [0.2, 0.25) is 0 Å². The first-order valence-electron chi connectivity index (χ1n) is 6.87. The highest BCUT2D eigenvalue weighted by molar-refractivity contribution is 7.91. The van der Waals surface area contributed by atoms with E-state index in [2.05, 4.69) is 31.3 Å². The minimum atomic E-state index is -2.93. The molecule has 4 heteroatoms. The molecule has 0 aliphatic carbocycles. The summed E-state index contributed by atoms with van der Waals surface area (Å²) in [5.74, 6) is 0.810. The summed E-state index contributed by atoms with van der Waals surface area (Å²) in [6.07, 6.45) is 0. The van der Waals surface area contributed by atoms with Crippen LogP contribution < -0.4 is 5.32 Å². The van der Waals surface area contributed by atoms with Gasteiger partial charge in [0.25, 0.3) is 0 Å². The number of sulfone groups is 1. The fourth-order valence-electron chi connectivity index (χ4n) is 2.19. The molecule has 2 unspecified atom stereocenters. The molecule has 0 spiro atoms. The molecule has 1 rings (SSSR count). The number of rotatable bonds is 7. The lowest BCUT2D eigenvalue weighted by atomic mass is 9.95. The van der Waals surface area contributed by atoms with E-state index in [-0.39, 0.29) is 23.6 Å². The molecule has 1 N–H and O–H groups in total. The van der Waals surface area contributed by atoms with Crippen molar-refractivity contribution in [3.63, 3.8) is 0 Å². The molecule has 0 saturated heterocycles. The summed E-state index contributed by atoms with van der Waals surface area (Å²) in [5, 5.41) is 3.44. The van der Waals surface area contributed by atoms with Crippen molar-refractivity contribution >= 4 is 9.84 Å². The largest absolute Gasteiger partial charge is 0.306 e. The average Bonchev–Trinajstić information content (AvgIpc) is 2.36. The summed E-state index contributed by atoms with van der Waals surface area (Å²) in [4.78, 5) is 0. The molecule has 0 aromatic heterocycles.